The molecule has 90 valence electrons. The number of hydrogen-bond acceptors (Lipinski definition) is 3. The maximum absolute atomic E-state index is 12.1. The van der Waals surface area contributed by atoms with Crippen molar-refractivity contribution in [2.24, 2.45) is 0 Å². The average molecular weight is 233 g/mol. The first-order valence-electron chi connectivity index (χ1n) is 5.57. The van der Waals surface area contributed by atoms with E-state index in [4.69, 9.17) is 4.74 Å². The zero-order valence-corrected chi connectivity index (χ0v) is 10.1. The maximum atomic E-state index is 12.1. The molecule has 0 spiro atoms. The number of carbonyl (C=O) groups excluding carboxylic acids is 2. The average Bonchev–Trinajstić information content (AvgIpc) is 2.61. The molecule has 1 aliphatic heterocycles. The van der Waals surface area contributed by atoms with E-state index < -0.39 is 0 Å². The largest absolute Gasteiger partial charge is 0.380 e. The zero-order valence-electron chi connectivity index (χ0n) is 10.1. The van der Waals surface area contributed by atoms with Gasteiger partial charge < -0.3 is 4.74 Å². The second-order valence-corrected chi connectivity index (χ2v) is 4.21. The Morgan fingerprint density at radius 1 is 1.06 bits per heavy atom. The summed E-state index contributed by atoms with van der Waals surface area (Å²) >= 11 is 0. The lowest BCUT2D eigenvalue weighted by Gasteiger charge is -2.26. The fourth-order valence-electron chi connectivity index (χ4n) is 1.98. The molecule has 2 amide bonds. The summed E-state index contributed by atoms with van der Waals surface area (Å²) in [5.41, 5.74) is 0.959. The SMILES string of the molecule is COC(C)C(C)N1C(=O)c2ccccc2C1=O. The van der Waals surface area contributed by atoms with Crippen molar-refractivity contribution < 1.29 is 14.3 Å². The Hall–Kier alpha value is -1.68. The van der Waals surface area contributed by atoms with Crippen LogP contribution < -0.4 is 0 Å². The van der Waals surface area contributed by atoms with Crippen LogP contribution in [0.15, 0.2) is 24.3 Å². The van der Waals surface area contributed by atoms with Crippen LogP contribution in [-0.4, -0.2) is 36.0 Å². The van der Waals surface area contributed by atoms with Gasteiger partial charge in [0.1, 0.15) is 0 Å². The molecule has 2 unspecified atom stereocenters. The first-order valence-corrected chi connectivity index (χ1v) is 5.57. The molecule has 0 aromatic heterocycles. The molecule has 1 aliphatic rings. The standard InChI is InChI=1S/C13H15NO3/c1-8(9(2)17-3)14-12(15)10-6-4-5-7-11(10)13(14)16/h4-9H,1-3H3. The van der Waals surface area contributed by atoms with Crippen LogP contribution in [0.5, 0.6) is 0 Å². The maximum Gasteiger partial charge on any atom is 0.261 e. The highest BCUT2D eigenvalue weighted by molar-refractivity contribution is 6.21. The van der Waals surface area contributed by atoms with Gasteiger partial charge in [-0.1, -0.05) is 12.1 Å². The van der Waals surface area contributed by atoms with Crippen LogP contribution >= 0.6 is 0 Å². The molecular weight excluding hydrogens is 218 g/mol. The molecule has 4 heteroatoms. The van der Waals surface area contributed by atoms with Crippen molar-refractivity contribution in [2.45, 2.75) is 26.0 Å². The predicted molar refractivity (Wildman–Crippen MR) is 62.9 cm³/mol. The van der Waals surface area contributed by atoms with Crippen molar-refractivity contribution >= 4 is 11.8 Å². The molecule has 1 aromatic rings. The lowest BCUT2D eigenvalue weighted by atomic mass is 10.1. The Morgan fingerprint density at radius 2 is 1.53 bits per heavy atom. The van der Waals surface area contributed by atoms with Crippen LogP contribution in [0.3, 0.4) is 0 Å². The Balaban J connectivity index is 2.36. The molecule has 1 heterocycles. The third kappa shape index (κ3) is 1.74. The molecule has 0 bridgehead atoms. The number of hydrogen-bond donors (Lipinski definition) is 0. The second-order valence-electron chi connectivity index (χ2n) is 4.21. The lowest BCUT2D eigenvalue weighted by molar-refractivity contribution is 0.0281. The molecule has 0 N–H and O–H groups in total. The third-order valence-electron chi connectivity index (χ3n) is 3.28. The summed E-state index contributed by atoms with van der Waals surface area (Å²) in [6, 6.07) is 6.61. The van der Waals surface area contributed by atoms with Crippen LogP contribution in [-0.2, 0) is 4.74 Å². The molecule has 1 aromatic carbocycles. The highest BCUT2D eigenvalue weighted by Gasteiger charge is 2.39. The van der Waals surface area contributed by atoms with E-state index in [2.05, 4.69) is 0 Å². The van der Waals surface area contributed by atoms with Gasteiger partial charge >= 0.3 is 0 Å². The summed E-state index contributed by atoms with van der Waals surface area (Å²) in [7, 11) is 1.57. The minimum absolute atomic E-state index is 0.183. The van der Waals surface area contributed by atoms with Crippen molar-refractivity contribution in [3.8, 4) is 0 Å². The van der Waals surface area contributed by atoms with Crippen LogP contribution in [0.4, 0.5) is 0 Å². The van der Waals surface area contributed by atoms with Crippen molar-refractivity contribution in [3.05, 3.63) is 35.4 Å². The fraction of sp³-hybridized carbons (Fsp3) is 0.385. The number of methoxy groups -OCH3 is 1. The second kappa shape index (κ2) is 4.30. The van der Waals surface area contributed by atoms with Gasteiger partial charge in [0.25, 0.3) is 11.8 Å². The first-order chi connectivity index (χ1) is 8.07. The lowest BCUT2D eigenvalue weighted by Crippen LogP contribution is -2.44. The minimum Gasteiger partial charge on any atom is -0.380 e. The smallest absolute Gasteiger partial charge is 0.261 e. The predicted octanol–water partition coefficient (Wildman–Crippen LogP) is 1.71. The number of imide groups is 1. The monoisotopic (exact) mass is 233 g/mol. The molecule has 17 heavy (non-hydrogen) atoms. The van der Waals surface area contributed by atoms with E-state index in [1.54, 1.807) is 31.4 Å². The van der Waals surface area contributed by atoms with Gasteiger partial charge in [0, 0.05) is 7.11 Å². The van der Waals surface area contributed by atoms with Crippen molar-refractivity contribution in [2.75, 3.05) is 7.11 Å². The number of nitrogens with zero attached hydrogens (tertiary/aromatic N) is 1. The van der Waals surface area contributed by atoms with Crippen LogP contribution in [0, 0.1) is 0 Å². The Bertz CT molecular complexity index is 434. The van der Waals surface area contributed by atoms with E-state index in [-0.39, 0.29) is 24.0 Å². The number of ether oxygens (including phenoxy) is 1. The fourth-order valence-corrected chi connectivity index (χ4v) is 1.98. The molecular formula is C13H15NO3. The van der Waals surface area contributed by atoms with Gasteiger partial charge in [-0.15, -0.1) is 0 Å². The van der Waals surface area contributed by atoms with E-state index in [1.165, 1.54) is 4.90 Å². The summed E-state index contributed by atoms with van der Waals surface area (Å²) in [5.74, 6) is -0.469. The molecule has 0 fully saturated rings. The number of amides is 2. The van der Waals surface area contributed by atoms with Gasteiger partial charge in [-0.3, -0.25) is 14.5 Å². The van der Waals surface area contributed by atoms with E-state index in [0.29, 0.717) is 11.1 Å². The van der Waals surface area contributed by atoms with Crippen LogP contribution in [0.25, 0.3) is 0 Å². The van der Waals surface area contributed by atoms with Gasteiger partial charge in [-0.25, -0.2) is 0 Å². The summed E-state index contributed by atoms with van der Waals surface area (Å²) < 4.78 is 5.17. The van der Waals surface area contributed by atoms with Gasteiger partial charge in [0.05, 0.1) is 23.3 Å². The highest BCUT2D eigenvalue weighted by Crippen LogP contribution is 2.25. The number of carbonyl (C=O) groups is 2. The first kappa shape index (κ1) is 11.8. The van der Waals surface area contributed by atoms with E-state index in [0.717, 1.165) is 0 Å². The number of fused-ring (bicyclic) bond motifs is 1. The molecule has 0 saturated carbocycles. The normalized spacial score (nSPS) is 18.2. The Labute approximate surface area is 100 Å². The topological polar surface area (TPSA) is 46.6 Å². The Morgan fingerprint density at radius 3 is 1.94 bits per heavy atom. The van der Waals surface area contributed by atoms with Crippen molar-refractivity contribution in [1.82, 2.24) is 4.90 Å². The molecule has 0 aliphatic carbocycles. The molecule has 0 radical (unpaired) electrons. The Kier molecular flexibility index (Phi) is 2.98. The van der Waals surface area contributed by atoms with Gasteiger partial charge in [0.15, 0.2) is 0 Å². The van der Waals surface area contributed by atoms with E-state index in [9.17, 15) is 9.59 Å². The van der Waals surface area contributed by atoms with Gasteiger partial charge in [-0.2, -0.15) is 0 Å². The summed E-state index contributed by atoms with van der Waals surface area (Å²) in [4.78, 5) is 25.5. The highest BCUT2D eigenvalue weighted by atomic mass is 16.5. The summed E-state index contributed by atoms with van der Waals surface area (Å²) in [6.07, 6.45) is -0.183. The van der Waals surface area contributed by atoms with Crippen LogP contribution in [0.2, 0.25) is 0 Å². The molecule has 2 atom stereocenters. The minimum atomic E-state index is -0.271. The van der Waals surface area contributed by atoms with E-state index >= 15 is 0 Å². The van der Waals surface area contributed by atoms with Crippen molar-refractivity contribution in [3.63, 3.8) is 0 Å². The number of benzene rings is 1. The summed E-state index contributed by atoms with van der Waals surface area (Å²) in [6.45, 7) is 3.66. The van der Waals surface area contributed by atoms with E-state index in [1.807, 2.05) is 13.8 Å². The van der Waals surface area contributed by atoms with Crippen molar-refractivity contribution in [1.29, 1.82) is 0 Å². The molecule has 2 rings (SSSR count). The van der Waals surface area contributed by atoms with Gasteiger partial charge in [-0.05, 0) is 26.0 Å². The van der Waals surface area contributed by atoms with Gasteiger partial charge in [0.2, 0.25) is 0 Å². The number of rotatable bonds is 3. The third-order valence-corrected chi connectivity index (χ3v) is 3.28. The quantitative estimate of drug-likeness (QED) is 0.746. The zero-order chi connectivity index (χ0) is 12.6. The van der Waals surface area contributed by atoms with Crippen LogP contribution in [0.1, 0.15) is 34.6 Å². The molecule has 4 nitrogen and oxygen atoms in total. The summed E-state index contributed by atoms with van der Waals surface area (Å²) in [5, 5.41) is 0. The molecule has 0 saturated heterocycles.